The molecule has 2 heterocycles. The van der Waals surface area contributed by atoms with Crippen molar-refractivity contribution in [3.05, 3.63) is 76.5 Å². The Labute approximate surface area is 176 Å². The van der Waals surface area contributed by atoms with Gasteiger partial charge in [-0.2, -0.15) is 0 Å². The standard InChI is InChI=1S/C22H19N3O2S2/c1-15(26)23-13-17-11-12-21(29-17)20(27)14-28-22-24-18-9-5-6-10-19(18)25(22)16-7-3-2-4-8-16/h2-12H,13-14H2,1H3,(H,23,26). The van der Waals surface area contributed by atoms with E-state index in [1.54, 1.807) is 0 Å². The van der Waals surface area contributed by atoms with E-state index in [-0.39, 0.29) is 11.7 Å². The van der Waals surface area contributed by atoms with Crippen LogP contribution in [0.2, 0.25) is 0 Å². The third-order valence-electron chi connectivity index (χ3n) is 4.32. The maximum Gasteiger partial charge on any atom is 0.217 e. The first kappa shape index (κ1) is 19.4. The first-order valence-electron chi connectivity index (χ1n) is 9.14. The van der Waals surface area contributed by atoms with Crippen LogP contribution in [0, 0.1) is 0 Å². The van der Waals surface area contributed by atoms with Gasteiger partial charge >= 0.3 is 0 Å². The maximum absolute atomic E-state index is 12.7. The number of imidazole rings is 1. The molecule has 0 bridgehead atoms. The Kier molecular flexibility index (Phi) is 5.78. The molecule has 1 amide bonds. The van der Waals surface area contributed by atoms with Gasteiger partial charge in [0, 0.05) is 17.5 Å². The van der Waals surface area contributed by atoms with Gasteiger partial charge in [-0.15, -0.1) is 11.3 Å². The minimum atomic E-state index is -0.0818. The van der Waals surface area contributed by atoms with Crippen LogP contribution in [0.1, 0.15) is 21.5 Å². The zero-order valence-electron chi connectivity index (χ0n) is 15.8. The first-order chi connectivity index (χ1) is 14.1. The number of benzene rings is 2. The minimum Gasteiger partial charge on any atom is -0.351 e. The number of carbonyl (C=O) groups excluding carboxylic acids is 2. The van der Waals surface area contributed by atoms with Crippen LogP contribution >= 0.6 is 23.1 Å². The van der Waals surface area contributed by atoms with Crippen LogP contribution in [0.25, 0.3) is 16.7 Å². The van der Waals surface area contributed by atoms with E-state index in [2.05, 4.69) is 9.88 Å². The van der Waals surface area contributed by atoms with Crippen LogP contribution in [0.4, 0.5) is 0 Å². The van der Waals surface area contributed by atoms with Crippen LogP contribution in [-0.2, 0) is 11.3 Å². The number of thiophene rings is 1. The number of nitrogens with one attached hydrogen (secondary N) is 1. The van der Waals surface area contributed by atoms with E-state index in [0.29, 0.717) is 17.2 Å². The molecule has 2 aromatic carbocycles. The van der Waals surface area contributed by atoms with Crippen LogP contribution in [-0.4, -0.2) is 27.0 Å². The van der Waals surface area contributed by atoms with Crippen molar-refractivity contribution in [2.75, 3.05) is 5.75 Å². The molecule has 0 fully saturated rings. The Balaban J connectivity index is 1.54. The van der Waals surface area contributed by atoms with Crippen molar-refractivity contribution >= 4 is 45.8 Å². The number of ketones is 1. The number of nitrogens with zero attached hydrogens (tertiary/aromatic N) is 2. The Morgan fingerprint density at radius 2 is 1.79 bits per heavy atom. The second kappa shape index (κ2) is 8.63. The molecule has 5 nitrogen and oxygen atoms in total. The largest absolute Gasteiger partial charge is 0.351 e. The molecule has 1 N–H and O–H groups in total. The molecule has 0 saturated heterocycles. The van der Waals surface area contributed by atoms with Gasteiger partial charge in [0.1, 0.15) is 0 Å². The highest BCUT2D eigenvalue weighted by Crippen LogP contribution is 2.29. The van der Waals surface area contributed by atoms with E-state index in [1.807, 2.05) is 66.7 Å². The lowest BCUT2D eigenvalue weighted by Crippen LogP contribution is -2.18. The number of para-hydroxylation sites is 3. The van der Waals surface area contributed by atoms with E-state index in [0.717, 1.165) is 26.8 Å². The zero-order valence-corrected chi connectivity index (χ0v) is 17.4. The monoisotopic (exact) mass is 421 g/mol. The van der Waals surface area contributed by atoms with Gasteiger partial charge in [0.2, 0.25) is 5.91 Å². The Morgan fingerprint density at radius 3 is 2.59 bits per heavy atom. The highest BCUT2D eigenvalue weighted by molar-refractivity contribution is 7.99. The molecule has 0 spiro atoms. The highest BCUT2D eigenvalue weighted by atomic mass is 32.2. The van der Waals surface area contributed by atoms with Gasteiger partial charge in [-0.3, -0.25) is 14.2 Å². The first-order valence-corrected chi connectivity index (χ1v) is 10.9. The van der Waals surface area contributed by atoms with Gasteiger partial charge in [0.25, 0.3) is 0 Å². The lowest BCUT2D eigenvalue weighted by atomic mass is 10.3. The van der Waals surface area contributed by atoms with E-state index in [9.17, 15) is 9.59 Å². The molecule has 0 aliphatic heterocycles. The topological polar surface area (TPSA) is 64.0 Å². The van der Waals surface area contributed by atoms with Gasteiger partial charge in [0.15, 0.2) is 10.9 Å². The molecule has 4 aromatic rings. The SMILES string of the molecule is CC(=O)NCc1ccc(C(=O)CSc2nc3ccccc3n2-c2ccccc2)s1. The summed E-state index contributed by atoms with van der Waals surface area (Å²) in [6, 6.07) is 21.7. The summed E-state index contributed by atoms with van der Waals surface area (Å²) in [5.74, 6) is 0.276. The van der Waals surface area contributed by atoms with Crippen LogP contribution in [0.15, 0.2) is 71.9 Å². The number of fused-ring (bicyclic) bond motifs is 1. The minimum absolute atomic E-state index is 0.0562. The molecule has 29 heavy (non-hydrogen) atoms. The molecule has 0 saturated carbocycles. The number of hydrogen-bond donors (Lipinski definition) is 1. The predicted molar refractivity (Wildman–Crippen MR) is 118 cm³/mol. The number of amides is 1. The van der Waals surface area contributed by atoms with E-state index in [1.165, 1.54) is 30.0 Å². The van der Waals surface area contributed by atoms with Crippen LogP contribution in [0.5, 0.6) is 0 Å². The van der Waals surface area contributed by atoms with Crippen LogP contribution in [0.3, 0.4) is 0 Å². The van der Waals surface area contributed by atoms with E-state index >= 15 is 0 Å². The van der Waals surface area contributed by atoms with Gasteiger partial charge in [-0.1, -0.05) is 42.1 Å². The number of thioether (sulfide) groups is 1. The number of Topliss-reactive ketones (excluding diaryl/α,β-unsaturated/α-hetero) is 1. The summed E-state index contributed by atoms with van der Waals surface area (Å²) in [6.07, 6.45) is 0. The Hall–Kier alpha value is -2.90. The van der Waals surface area contributed by atoms with Crippen molar-refractivity contribution < 1.29 is 9.59 Å². The average molecular weight is 422 g/mol. The fourth-order valence-electron chi connectivity index (χ4n) is 2.96. The van der Waals surface area contributed by atoms with Crippen molar-refractivity contribution in [2.45, 2.75) is 18.6 Å². The normalized spacial score (nSPS) is 10.9. The third kappa shape index (κ3) is 4.41. The lowest BCUT2D eigenvalue weighted by molar-refractivity contribution is -0.119. The van der Waals surface area contributed by atoms with E-state index in [4.69, 9.17) is 4.98 Å². The molecule has 0 aliphatic carbocycles. The lowest BCUT2D eigenvalue weighted by Gasteiger charge is -2.08. The quantitative estimate of drug-likeness (QED) is 0.347. The molecule has 146 valence electrons. The summed E-state index contributed by atoms with van der Waals surface area (Å²) in [6.45, 7) is 1.93. The van der Waals surface area contributed by atoms with E-state index < -0.39 is 0 Å². The van der Waals surface area contributed by atoms with Gasteiger partial charge in [-0.05, 0) is 36.4 Å². The number of aromatic nitrogens is 2. The molecule has 4 rings (SSSR count). The Morgan fingerprint density at radius 1 is 1.03 bits per heavy atom. The smallest absolute Gasteiger partial charge is 0.217 e. The van der Waals surface area contributed by atoms with Crippen LogP contribution < -0.4 is 5.32 Å². The molecular formula is C22H19N3O2S2. The number of carbonyl (C=O) groups is 2. The molecule has 0 aliphatic rings. The van der Waals surface area contributed by atoms with Gasteiger partial charge < -0.3 is 5.32 Å². The molecule has 0 atom stereocenters. The summed E-state index contributed by atoms with van der Waals surface area (Å²) in [5, 5.41) is 3.55. The van der Waals surface area contributed by atoms with Crippen molar-refractivity contribution in [3.8, 4) is 5.69 Å². The fourth-order valence-corrected chi connectivity index (χ4v) is 4.85. The predicted octanol–water partition coefficient (Wildman–Crippen LogP) is 4.70. The summed E-state index contributed by atoms with van der Waals surface area (Å²) in [5.41, 5.74) is 2.94. The average Bonchev–Trinajstić information content (AvgIpc) is 3.35. The summed E-state index contributed by atoms with van der Waals surface area (Å²) in [4.78, 5) is 30.1. The molecule has 7 heteroatoms. The molecule has 0 unspecified atom stereocenters. The summed E-state index contributed by atoms with van der Waals surface area (Å²) < 4.78 is 2.09. The van der Waals surface area contributed by atoms with Crippen molar-refractivity contribution in [2.24, 2.45) is 0 Å². The second-order valence-corrected chi connectivity index (χ2v) is 8.55. The summed E-state index contributed by atoms with van der Waals surface area (Å²) in [7, 11) is 0. The third-order valence-corrected chi connectivity index (χ3v) is 6.39. The van der Waals surface area contributed by atoms with Crippen molar-refractivity contribution in [3.63, 3.8) is 0 Å². The molecule has 2 aromatic heterocycles. The Bertz CT molecular complexity index is 1170. The fraction of sp³-hybridized carbons (Fsp3) is 0.136. The number of hydrogen-bond acceptors (Lipinski definition) is 5. The maximum atomic E-state index is 12.7. The molecular weight excluding hydrogens is 402 g/mol. The van der Waals surface area contributed by atoms with Crippen molar-refractivity contribution in [1.82, 2.24) is 14.9 Å². The highest BCUT2D eigenvalue weighted by Gasteiger charge is 2.16. The summed E-state index contributed by atoms with van der Waals surface area (Å²) >= 11 is 2.86. The zero-order chi connectivity index (χ0) is 20.2. The molecule has 0 radical (unpaired) electrons. The van der Waals surface area contributed by atoms with Crippen molar-refractivity contribution in [1.29, 1.82) is 0 Å². The van der Waals surface area contributed by atoms with Gasteiger partial charge in [0.05, 0.1) is 28.2 Å². The second-order valence-electron chi connectivity index (χ2n) is 6.44. The van der Waals surface area contributed by atoms with Gasteiger partial charge in [-0.25, -0.2) is 4.98 Å². The number of rotatable bonds is 7.